The van der Waals surface area contributed by atoms with Gasteiger partial charge in [-0.15, -0.1) is 0 Å². The lowest BCUT2D eigenvalue weighted by molar-refractivity contribution is -0.118. The van der Waals surface area contributed by atoms with Crippen molar-refractivity contribution in [2.24, 2.45) is 0 Å². The maximum Gasteiger partial charge on any atom is 0.216 e. The van der Waals surface area contributed by atoms with Gasteiger partial charge in [0.05, 0.1) is 28.4 Å². The van der Waals surface area contributed by atoms with Crippen molar-refractivity contribution in [3.05, 3.63) is 53.1 Å². The molecule has 1 N–H and O–H groups in total. The molecular weight excluding hydrogens is 386 g/mol. The minimum atomic E-state index is -0.191. The van der Waals surface area contributed by atoms with Gasteiger partial charge in [-0.25, -0.2) is 0 Å². The molecule has 0 saturated carbocycles. The van der Waals surface area contributed by atoms with Gasteiger partial charge < -0.3 is 24.3 Å². The Labute approximate surface area is 176 Å². The Morgan fingerprint density at radius 1 is 0.867 bits per heavy atom. The zero-order chi connectivity index (χ0) is 22.1. The zero-order valence-corrected chi connectivity index (χ0v) is 17.9. The fourth-order valence-electron chi connectivity index (χ4n) is 2.95. The molecule has 7 nitrogen and oxygen atoms in total. The van der Waals surface area contributed by atoms with Crippen LogP contribution in [0, 0.1) is 0 Å². The summed E-state index contributed by atoms with van der Waals surface area (Å²) >= 11 is 0. The first-order valence-corrected chi connectivity index (χ1v) is 9.37. The minimum absolute atomic E-state index is 0.128. The van der Waals surface area contributed by atoms with Gasteiger partial charge in [0.15, 0.2) is 28.8 Å². The standard InChI is InChI=1S/C23H27NO6/c1-15(25)24-11-10-17-13-22(29-4)23(30-5)14-18(17)19(26)8-6-16-7-9-20(27-2)21(12-16)28-3/h6-9,12-14H,10-11H2,1-5H3,(H,24,25). The lowest BCUT2D eigenvalue weighted by Gasteiger charge is -2.14. The fourth-order valence-corrected chi connectivity index (χ4v) is 2.95. The summed E-state index contributed by atoms with van der Waals surface area (Å²) in [6, 6.07) is 8.81. The molecule has 2 aromatic carbocycles. The van der Waals surface area contributed by atoms with Gasteiger partial charge in [0, 0.05) is 19.0 Å². The maximum absolute atomic E-state index is 13.0. The number of allylic oxidation sites excluding steroid dienone is 1. The van der Waals surface area contributed by atoms with Crippen LogP contribution in [0.3, 0.4) is 0 Å². The fraction of sp³-hybridized carbons (Fsp3) is 0.304. The van der Waals surface area contributed by atoms with Crippen molar-refractivity contribution in [2.75, 3.05) is 35.0 Å². The SMILES string of the molecule is COc1ccc(C=CC(=O)c2cc(OC)c(OC)cc2CCNC(C)=O)cc1OC. The van der Waals surface area contributed by atoms with E-state index in [4.69, 9.17) is 18.9 Å². The Morgan fingerprint density at radius 3 is 2.07 bits per heavy atom. The summed E-state index contributed by atoms with van der Waals surface area (Å²) in [5.41, 5.74) is 2.03. The van der Waals surface area contributed by atoms with E-state index in [1.807, 2.05) is 6.07 Å². The van der Waals surface area contributed by atoms with Gasteiger partial charge in [-0.3, -0.25) is 9.59 Å². The molecule has 0 aromatic heterocycles. The molecule has 1 amide bonds. The molecule has 2 rings (SSSR count). The molecule has 0 bridgehead atoms. The molecule has 0 fully saturated rings. The molecule has 2 aromatic rings. The first-order chi connectivity index (χ1) is 14.4. The van der Waals surface area contributed by atoms with E-state index in [2.05, 4.69) is 5.32 Å². The Kier molecular flexibility index (Phi) is 8.29. The van der Waals surface area contributed by atoms with Crippen LogP contribution in [0.1, 0.15) is 28.4 Å². The number of amides is 1. The third-order valence-electron chi connectivity index (χ3n) is 4.48. The molecule has 0 heterocycles. The molecule has 0 saturated heterocycles. The number of benzene rings is 2. The smallest absolute Gasteiger partial charge is 0.216 e. The number of carbonyl (C=O) groups is 2. The van der Waals surface area contributed by atoms with Gasteiger partial charge in [0.25, 0.3) is 0 Å². The average Bonchev–Trinajstić information content (AvgIpc) is 2.76. The zero-order valence-electron chi connectivity index (χ0n) is 17.9. The Hall–Kier alpha value is -3.48. The molecule has 160 valence electrons. The third kappa shape index (κ3) is 5.76. The van der Waals surface area contributed by atoms with Crippen LogP contribution in [0.2, 0.25) is 0 Å². The van der Waals surface area contributed by atoms with Crippen molar-refractivity contribution < 1.29 is 28.5 Å². The van der Waals surface area contributed by atoms with Crippen molar-refractivity contribution in [1.82, 2.24) is 5.32 Å². The van der Waals surface area contributed by atoms with Crippen molar-refractivity contribution in [3.8, 4) is 23.0 Å². The first-order valence-electron chi connectivity index (χ1n) is 9.37. The van der Waals surface area contributed by atoms with Gasteiger partial charge in [0.2, 0.25) is 5.91 Å². The van der Waals surface area contributed by atoms with E-state index < -0.39 is 0 Å². The molecule has 0 spiro atoms. The third-order valence-corrected chi connectivity index (χ3v) is 4.48. The summed E-state index contributed by atoms with van der Waals surface area (Å²) in [5, 5.41) is 2.74. The van der Waals surface area contributed by atoms with Crippen molar-refractivity contribution >= 4 is 17.8 Å². The molecule has 0 radical (unpaired) electrons. The van der Waals surface area contributed by atoms with Crippen LogP contribution < -0.4 is 24.3 Å². The Bertz CT molecular complexity index is 936. The molecule has 0 atom stereocenters. The van der Waals surface area contributed by atoms with Crippen molar-refractivity contribution in [1.29, 1.82) is 0 Å². The van der Waals surface area contributed by atoms with E-state index in [9.17, 15) is 9.59 Å². The predicted octanol–water partition coefficient (Wildman–Crippen LogP) is 3.30. The predicted molar refractivity (Wildman–Crippen MR) is 115 cm³/mol. The first kappa shape index (κ1) is 22.8. The van der Waals surface area contributed by atoms with Crippen LogP contribution in [0.4, 0.5) is 0 Å². The highest BCUT2D eigenvalue weighted by molar-refractivity contribution is 6.08. The van der Waals surface area contributed by atoms with Crippen LogP contribution in [0.5, 0.6) is 23.0 Å². The highest BCUT2D eigenvalue weighted by Gasteiger charge is 2.15. The number of ether oxygens (including phenoxy) is 4. The molecular formula is C23H27NO6. The second kappa shape index (κ2) is 10.9. The summed E-state index contributed by atoms with van der Waals surface area (Å²) < 4.78 is 21.2. The lowest BCUT2D eigenvalue weighted by atomic mass is 9.99. The molecule has 30 heavy (non-hydrogen) atoms. The second-order valence-electron chi connectivity index (χ2n) is 6.41. The summed E-state index contributed by atoms with van der Waals surface area (Å²) in [5.74, 6) is 1.86. The van der Waals surface area contributed by atoms with Crippen LogP contribution >= 0.6 is 0 Å². The van der Waals surface area contributed by atoms with Crippen molar-refractivity contribution in [2.45, 2.75) is 13.3 Å². The molecule has 0 unspecified atom stereocenters. The van der Waals surface area contributed by atoms with Gasteiger partial charge in [0.1, 0.15) is 0 Å². The highest BCUT2D eigenvalue weighted by Crippen LogP contribution is 2.32. The van der Waals surface area contributed by atoms with E-state index in [0.717, 1.165) is 11.1 Å². The number of hydrogen-bond acceptors (Lipinski definition) is 6. The number of hydrogen-bond donors (Lipinski definition) is 1. The summed E-state index contributed by atoms with van der Waals surface area (Å²) in [4.78, 5) is 24.1. The summed E-state index contributed by atoms with van der Waals surface area (Å²) in [6.07, 6.45) is 3.67. The maximum atomic E-state index is 13.0. The number of carbonyl (C=O) groups excluding carboxylic acids is 2. The van der Waals surface area contributed by atoms with E-state index in [-0.39, 0.29) is 11.7 Å². The van der Waals surface area contributed by atoms with Gasteiger partial charge in [-0.2, -0.15) is 0 Å². The van der Waals surface area contributed by atoms with Gasteiger partial charge in [-0.05, 0) is 47.9 Å². The Balaban J connectivity index is 2.34. The molecule has 0 aliphatic carbocycles. The number of methoxy groups -OCH3 is 4. The quantitative estimate of drug-likeness (QED) is 0.475. The monoisotopic (exact) mass is 413 g/mol. The summed E-state index contributed by atoms with van der Waals surface area (Å²) in [7, 11) is 6.18. The van der Waals surface area contributed by atoms with E-state index in [0.29, 0.717) is 41.5 Å². The number of ketones is 1. The largest absolute Gasteiger partial charge is 0.493 e. The molecule has 7 heteroatoms. The average molecular weight is 413 g/mol. The Morgan fingerprint density at radius 2 is 1.47 bits per heavy atom. The van der Waals surface area contributed by atoms with Crippen LogP contribution in [0.25, 0.3) is 6.08 Å². The van der Waals surface area contributed by atoms with E-state index in [1.54, 1.807) is 44.6 Å². The minimum Gasteiger partial charge on any atom is -0.493 e. The van der Waals surface area contributed by atoms with Crippen molar-refractivity contribution in [3.63, 3.8) is 0 Å². The number of nitrogens with one attached hydrogen (secondary N) is 1. The molecule has 0 aliphatic rings. The van der Waals surface area contributed by atoms with Crippen LogP contribution in [-0.4, -0.2) is 46.7 Å². The second-order valence-corrected chi connectivity index (χ2v) is 6.41. The van der Waals surface area contributed by atoms with Gasteiger partial charge in [-0.1, -0.05) is 12.1 Å². The number of rotatable bonds is 10. The lowest BCUT2D eigenvalue weighted by Crippen LogP contribution is -2.23. The topological polar surface area (TPSA) is 83.1 Å². The molecule has 0 aliphatic heterocycles. The van der Waals surface area contributed by atoms with Crippen LogP contribution in [0.15, 0.2) is 36.4 Å². The highest BCUT2D eigenvalue weighted by atomic mass is 16.5. The normalized spacial score (nSPS) is 10.6. The van der Waals surface area contributed by atoms with Crippen LogP contribution in [-0.2, 0) is 11.2 Å². The van der Waals surface area contributed by atoms with E-state index >= 15 is 0 Å². The van der Waals surface area contributed by atoms with E-state index in [1.165, 1.54) is 27.2 Å². The summed E-state index contributed by atoms with van der Waals surface area (Å²) in [6.45, 7) is 1.86. The van der Waals surface area contributed by atoms with Gasteiger partial charge >= 0.3 is 0 Å².